The van der Waals surface area contributed by atoms with Crippen LogP contribution >= 0.6 is 73.1 Å². The molecule has 6 rings (SSSR count). The van der Waals surface area contributed by atoms with E-state index in [2.05, 4.69) is 41.5 Å². The third-order valence-electron chi connectivity index (χ3n) is 8.32. The van der Waals surface area contributed by atoms with Gasteiger partial charge in [0.15, 0.2) is 0 Å². The topological polar surface area (TPSA) is 186 Å². The number of carboxylic acids is 1. The molecule has 11 nitrogen and oxygen atoms in total. The monoisotopic (exact) mass is 1210 g/mol. The average Bonchev–Trinajstić information content (AvgIpc) is 4.07. The lowest BCUT2D eigenvalue weighted by molar-refractivity contribution is -0.162. The van der Waals surface area contributed by atoms with Crippen molar-refractivity contribution in [3.05, 3.63) is 135 Å². The number of thiazole rings is 3. The third-order valence-corrected chi connectivity index (χ3v) is 12.7. The number of hydrogen-bond donors (Lipinski definition) is 5. The number of carboxylic acid groups (broad SMARTS) is 1. The summed E-state index contributed by atoms with van der Waals surface area (Å²) in [5, 5.41) is 14.5. The number of benzene rings is 3. The highest BCUT2D eigenvalue weighted by molar-refractivity contribution is 9.08. The zero-order valence-electron chi connectivity index (χ0n) is 38.1. The fourth-order valence-corrected chi connectivity index (χ4v) is 7.84. The zero-order valence-corrected chi connectivity index (χ0v) is 43.7. The van der Waals surface area contributed by atoms with Crippen molar-refractivity contribution in [1.29, 1.82) is 0 Å². The Kier molecular flexibility index (Phi) is 25.2. The second-order valence-electron chi connectivity index (χ2n) is 14.7. The van der Waals surface area contributed by atoms with Crippen molar-refractivity contribution in [3.63, 3.8) is 0 Å². The highest BCUT2D eigenvalue weighted by Gasteiger charge is 2.43. The first-order valence-electron chi connectivity index (χ1n) is 19.7. The van der Waals surface area contributed by atoms with E-state index in [1.807, 2.05) is 33.5 Å². The van der Waals surface area contributed by atoms with Gasteiger partial charge in [-0.25, -0.2) is 19.7 Å². The summed E-state index contributed by atoms with van der Waals surface area (Å²) >= 11 is 17.3. The molecule has 1 atom stereocenters. The van der Waals surface area contributed by atoms with Gasteiger partial charge in [0.1, 0.15) is 19.6 Å². The van der Waals surface area contributed by atoms with E-state index in [9.17, 15) is 67.1 Å². The number of anilines is 3. The van der Waals surface area contributed by atoms with Crippen LogP contribution in [0.1, 0.15) is 119 Å². The predicted octanol–water partition coefficient (Wildman–Crippen LogP) is 15.7. The zero-order chi connectivity index (χ0) is 55.3. The summed E-state index contributed by atoms with van der Waals surface area (Å²) in [4.78, 5) is 47.2. The van der Waals surface area contributed by atoms with E-state index >= 15 is 0 Å². The first kappa shape index (κ1) is 65.9. The molecule has 0 fully saturated rings. The number of halogens is 16. The van der Waals surface area contributed by atoms with Crippen LogP contribution in [0.3, 0.4) is 0 Å². The normalized spacial score (nSPS) is 11.8. The van der Waals surface area contributed by atoms with Crippen LogP contribution in [0.25, 0.3) is 0 Å². The van der Waals surface area contributed by atoms with Crippen molar-refractivity contribution in [2.24, 2.45) is 5.73 Å². The molecule has 2 amide bonds. The lowest BCUT2D eigenvalue weighted by Gasteiger charge is -2.16. The molecule has 3 heterocycles. The van der Waals surface area contributed by atoms with Gasteiger partial charge in [0.05, 0.1) is 66.9 Å². The predicted molar refractivity (Wildman–Crippen MR) is 261 cm³/mol. The maximum Gasteiger partial charge on any atom is 0.417 e. The molecule has 0 saturated carbocycles. The second-order valence-corrected chi connectivity index (χ2v) is 18.7. The van der Waals surface area contributed by atoms with Gasteiger partial charge in [-0.2, -0.15) is 52.7 Å². The molecule has 73 heavy (non-hydrogen) atoms. The largest absolute Gasteiger partial charge is 0.477 e. The number of nitrogens with one attached hydrogen (secondary N) is 2. The summed E-state index contributed by atoms with van der Waals surface area (Å²) in [6.07, 6.45) is -15.3. The minimum Gasteiger partial charge on any atom is -0.477 e. The molecule has 3 aromatic heterocycles. The molecule has 0 saturated heterocycles. The lowest BCUT2D eigenvalue weighted by Crippen LogP contribution is -2.18. The van der Waals surface area contributed by atoms with E-state index in [4.69, 9.17) is 39.8 Å². The van der Waals surface area contributed by atoms with Gasteiger partial charge in [0.25, 0.3) is 11.8 Å². The van der Waals surface area contributed by atoms with E-state index in [1.165, 1.54) is 36.0 Å². The van der Waals surface area contributed by atoms with Crippen LogP contribution < -0.4 is 22.1 Å². The number of nitrogens with zero attached hydrogens (tertiary/aromatic N) is 3. The second kappa shape index (κ2) is 28.0. The number of hydrogen-bond acceptors (Lipinski definition) is 11. The van der Waals surface area contributed by atoms with E-state index < -0.39 is 69.8 Å². The van der Waals surface area contributed by atoms with Crippen LogP contribution in [0, 0.1) is 0 Å². The maximum absolute atomic E-state index is 12.9. The Morgan fingerprint density at radius 3 is 1.29 bits per heavy atom. The molecular weight excluding hydrogens is 1170 g/mol. The molecule has 7 N–H and O–H groups in total. The number of carbonyl (C=O) groups excluding carboxylic acids is 2. The highest BCUT2D eigenvalue weighted by Crippen LogP contribution is 2.42. The minimum absolute atomic E-state index is 0. The van der Waals surface area contributed by atoms with Gasteiger partial charge < -0.3 is 27.2 Å². The molecular formula is C43H41BrCl2F13N7O4S3. The number of aromatic nitrogens is 3. The summed E-state index contributed by atoms with van der Waals surface area (Å²) in [5.74, 6) is 0.0713. The molecule has 402 valence electrons. The Labute approximate surface area is 437 Å². The highest BCUT2D eigenvalue weighted by atomic mass is 79.9. The summed E-state index contributed by atoms with van der Waals surface area (Å²) < 4.78 is 151. The molecule has 30 heteroatoms. The number of aromatic carboxylic acids is 1. The van der Waals surface area contributed by atoms with E-state index in [0.29, 0.717) is 31.8 Å². The molecule has 0 aliphatic rings. The van der Waals surface area contributed by atoms with Crippen molar-refractivity contribution < 1.29 is 76.9 Å². The summed E-state index contributed by atoms with van der Waals surface area (Å²) in [7, 11) is 0. The maximum atomic E-state index is 12.9. The Hall–Kier alpha value is -5.13. The van der Waals surface area contributed by atoms with E-state index in [-0.39, 0.29) is 49.7 Å². The van der Waals surface area contributed by atoms with Crippen molar-refractivity contribution >= 4 is 108 Å². The first-order valence-corrected chi connectivity index (χ1v) is 24.5. The fourth-order valence-electron chi connectivity index (χ4n) is 4.99. The van der Waals surface area contributed by atoms with Gasteiger partial charge in [-0.3, -0.25) is 14.3 Å². The van der Waals surface area contributed by atoms with Crippen LogP contribution in [-0.4, -0.2) is 43.7 Å². The van der Waals surface area contributed by atoms with Crippen LogP contribution in [0.2, 0.25) is 10.0 Å². The molecule has 0 bridgehead atoms. The van der Waals surface area contributed by atoms with Crippen molar-refractivity contribution in [3.8, 4) is 0 Å². The van der Waals surface area contributed by atoms with E-state index in [0.717, 1.165) is 64.1 Å². The number of amides is 2. The Balaban J connectivity index is 0.000000504. The Morgan fingerprint density at radius 1 is 0.562 bits per heavy atom. The molecule has 0 radical (unpaired) electrons. The number of carbonyl (C=O) groups is 3. The molecule has 0 aliphatic carbocycles. The number of alkyl halides is 13. The average molecular weight is 1210 g/mol. The standard InChI is InChI=1S/C15H12F6N2OS.C13H11ClF3N3OS.C7H5ClF3N.C7H9NO2S.CH3Br.FH/c1-7(2)13-22-6-11(25-13)12(24)23-8-3-4-9(14(16,17)18)10(5-8)15(19,20)21;1-6(18)12-19-5-10(22-12)11(21)20-7-2-3-8(9(14)4-7)13(15,16)17;8-6-2-1-4(12)3-5(6)7(9,10)11;1-4(2)6-8-3-5(11-6)7(9)10;1-2;/h3-7H,1-2H3,(H,23,24);2-6H,18H2,1H3,(H,20,21);1-3H,12H2;3-4H,1-2H3,(H,9,10);1H3;1H. The van der Waals surface area contributed by atoms with Crippen LogP contribution in [0.5, 0.6) is 0 Å². The van der Waals surface area contributed by atoms with Crippen molar-refractivity contribution in [2.75, 3.05) is 22.2 Å². The molecule has 0 spiro atoms. The molecule has 1 unspecified atom stereocenters. The summed E-state index contributed by atoms with van der Waals surface area (Å²) in [6.45, 7) is 9.42. The van der Waals surface area contributed by atoms with Gasteiger partial charge in [0, 0.05) is 28.9 Å². The lowest BCUT2D eigenvalue weighted by atomic mass is 10.1. The third kappa shape index (κ3) is 20.6. The van der Waals surface area contributed by atoms with Gasteiger partial charge in [-0.1, -0.05) is 66.8 Å². The minimum atomic E-state index is -5.21. The van der Waals surface area contributed by atoms with Crippen LogP contribution in [0.4, 0.5) is 74.5 Å². The van der Waals surface area contributed by atoms with Crippen molar-refractivity contribution in [2.45, 2.75) is 77.2 Å². The molecule has 0 aliphatic heterocycles. The fraction of sp³-hybridized carbons (Fsp3) is 0.302. The van der Waals surface area contributed by atoms with E-state index in [1.54, 1.807) is 6.92 Å². The van der Waals surface area contributed by atoms with Gasteiger partial charge in [0.2, 0.25) is 0 Å². The smallest absolute Gasteiger partial charge is 0.417 e. The molecule has 6 aromatic rings. The van der Waals surface area contributed by atoms with Crippen LogP contribution in [0.15, 0.2) is 73.2 Å². The number of rotatable bonds is 8. The number of nitrogen functional groups attached to an aromatic ring is 1. The summed E-state index contributed by atoms with van der Waals surface area (Å²) in [6, 6.07) is 7.30. The van der Waals surface area contributed by atoms with Gasteiger partial charge >= 0.3 is 30.7 Å². The Bertz CT molecular complexity index is 2760. The summed E-state index contributed by atoms with van der Waals surface area (Å²) in [5.41, 5.74) is 5.13. The number of nitrogens with two attached hydrogens (primary N) is 2. The SMILES string of the molecule is CBr.CC(C)c1ncc(C(=O)Nc2ccc(C(F)(F)F)c(C(F)(F)F)c2)s1.CC(C)c1ncc(C(=O)O)s1.CC(N)c1ncc(C(=O)Nc2ccc(C(F)(F)F)c(Cl)c2)s1.F.Nc1ccc(Cl)c(C(F)(F)F)c1. The first-order chi connectivity index (χ1) is 33.1. The van der Waals surface area contributed by atoms with Gasteiger partial charge in [-0.05, 0) is 67.4 Å². The quantitative estimate of drug-likeness (QED) is 0.0562. The Morgan fingerprint density at radius 2 is 0.945 bits per heavy atom. The van der Waals surface area contributed by atoms with Gasteiger partial charge in [-0.15, -0.1) is 34.0 Å². The van der Waals surface area contributed by atoms with Crippen LogP contribution in [-0.2, 0) is 24.7 Å². The molecule has 3 aromatic carbocycles. The van der Waals surface area contributed by atoms with Crippen molar-refractivity contribution in [1.82, 2.24) is 15.0 Å².